The van der Waals surface area contributed by atoms with Crippen LogP contribution >= 0.6 is 23.2 Å². The van der Waals surface area contributed by atoms with Crippen LogP contribution < -0.4 is 5.73 Å². The number of hydrogen-bond acceptors (Lipinski definition) is 7. The first kappa shape index (κ1) is 44.1. The van der Waals surface area contributed by atoms with Gasteiger partial charge in [-0.2, -0.15) is 10.5 Å². The van der Waals surface area contributed by atoms with Crippen molar-refractivity contribution in [1.29, 1.82) is 10.5 Å². The molecule has 10 nitrogen and oxygen atoms in total. The molecule has 6 aromatic rings. The third-order valence-corrected chi connectivity index (χ3v) is 10.2. The highest BCUT2D eigenvalue weighted by molar-refractivity contribution is 6.31. The SMILES string of the molecule is Cc1cc(C(C)(C)C#N)ccc1CCC(=O)Cn1cnc2ccc(Cl)c(F)c21.Cc1cc(C(C)(C)C#N)ccc1CN.O=C(O)Cn1cnc2ccc(Cl)c(F)c21. The fraction of sp³-hybridized carbons (Fsp3) is 0.302. The van der Waals surface area contributed by atoms with E-state index < -0.39 is 28.4 Å². The molecule has 0 bridgehead atoms. The molecule has 14 heteroatoms. The number of benzene rings is 4. The quantitative estimate of drug-likeness (QED) is 0.138. The molecule has 2 aromatic heterocycles. The highest BCUT2D eigenvalue weighted by atomic mass is 35.5. The van der Waals surface area contributed by atoms with Crippen molar-refractivity contribution in [2.45, 2.75) is 84.8 Å². The molecule has 0 saturated heterocycles. The van der Waals surface area contributed by atoms with Crippen LogP contribution in [0.3, 0.4) is 0 Å². The summed E-state index contributed by atoms with van der Waals surface area (Å²) in [6.45, 7) is 11.9. The van der Waals surface area contributed by atoms with Gasteiger partial charge in [0, 0.05) is 13.0 Å². The van der Waals surface area contributed by atoms with Crippen molar-refractivity contribution in [3.8, 4) is 12.1 Å². The number of carbonyl (C=O) groups is 2. The summed E-state index contributed by atoms with van der Waals surface area (Å²) in [5, 5.41) is 26.8. The Morgan fingerprint density at radius 1 is 0.754 bits per heavy atom. The minimum Gasteiger partial charge on any atom is -0.480 e. The van der Waals surface area contributed by atoms with Gasteiger partial charge in [-0.05, 0) is 106 Å². The third kappa shape index (κ3) is 10.6. The lowest BCUT2D eigenvalue weighted by atomic mass is 9.84. The van der Waals surface area contributed by atoms with Crippen LogP contribution in [-0.4, -0.2) is 36.0 Å². The molecule has 0 aliphatic rings. The van der Waals surface area contributed by atoms with Crippen molar-refractivity contribution in [3.05, 3.63) is 128 Å². The van der Waals surface area contributed by atoms with E-state index in [-0.39, 0.29) is 40.0 Å². The second kappa shape index (κ2) is 18.5. The number of carboxylic acids is 1. The first-order valence-corrected chi connectivity index (χ1v) is 18.6. The number of nitrogens with two attached hydrogens (primary N) is 1. The lowest BCUT2D eigenvalue weighted by Gasteiger charge is -2.17. The van der Waals surface area contributed by atoms with Gasteiger partial charge in [0.15, 0.2) is 17.4 Å². The largest absolute Gasteiger partial charge is 0.480 e. The van der Waals surface area contributed by atoms with Crippen LogP contribution in [0.25, 0.3) is 22.1 Å². The molecule has 0 spiro atoms. The van der Waals surface area contributed by atoms with Gasteiger partial charge in [0.2, 0.25) is 0 Å². The van der Waals surface area contributed by atoms with Gasteiger partial charge in [-0.3, -0.25) is 9.59 Å². The van der Waals surface area contributed by atoms with Crippen molar-refractivity contribution < 1.29 is 23.5 Å². The molecule has 2 heterocycles. The van der Waals surface area contributed by atoms with E-state index in [0.717, 1.165) is 33.4 Å². The zero-order chi connectivity index (χ0) is 42.2. The molecule has 0 saturated carbocycles. The Labute approximate surface area is 340 Å². The number of nitriles is 2. The summed E-state index contributed by atoms with van der Waals surface area (Å²) < 4.78 is 30.6. The Morgan fingerprint density at radius 2 is 1.19 bits per heavy atom. The second-order valence-corrected chi connectivity index (χ2v) is 15.4. The summed E-state index contributed by atoms with van der Waals surface area (Å²) in [6, 6.07) is 22.6. The van der Waals surface area contributed by atoms with Crippen molar-refractivity contribution in [2.24, 2.45) is 5.73 Å². The number of fused-ring (bicyclic) bond motifs is 2. The number of Topliss-reactive ketones (excluding diaryl/α,β-unsaturated/α-hetero) is 1. The zero-order valence-electron chi connectivity index (χ0n) is 32.5. The first-order chi connectivity index (χ1) is 26.8. The number of carbonyl (C=O) groups excluding carboxylic acids is 1. The molecule has 0 amide bonds. The molecule has 0 aliphatic carbocycles. The summed E-state index contributed by atoms with van der Waals surface area (Å²) >= 11 is 11.4. The summed E-state index contributed by atoms with van der Waals surface area (Å²) in [7, 11) is 0. The fourth-order valence-electron chi connectivity index (χ4n) is 5.93. The van der Waals surface area contributed by atoms with Crippen LogP contribution in [0.15, 0.2) is 73.3 Å². The van der Waals surface area contributed by atoms with E-state index in [1.54, 1.807) is 12.1 Å². The second-order valence-electron chi connectivity index (χ2n) is 14.6. The molecule has 3 N–H and O–H groups in total. The van der Waals surface area contributed by atoms with E-state index in [4.69, 9.17) is 39.3 Å². The first-order valence-electron chi connectivity index (χ1n) is 17.9. The van der Waals surface area contributed by atoms with Crippen molar-refractivity contribution in [3.63, 3.8) is 0 Å². The van der Waals surface area contributed by atoms with E-state index in [1.165, 1.54) is 33.9 Å². The highest BCUT2D eigenvalue weighted by Gasteiger charge is 2.21. The van der Waals surface area contributed by atoms with Crippen LogP contribution in [0, 0.1) is 48.1 Å². The molecule has 0 radical (unpaired) electrons. The summed E-state index contributed by atoms with van der Waals surface area (Å²) in [5.74, 6) is -2.28. The van der Waals surface area contributed by atoms with E-state index >= 15 is 0 Å². The number of ketones is 1. The van der Waals surface area contributed by atoms with Crippen LogP contribution in [-0.2, 0) is 46.5 Å². The van der Waals surface area contributed by atoms with E-state index in [2.05, 4.69) is 22.1 Å². The van der Waals surface area contributed by atoms with Crippen LogP contribution in [0.4, 0.5) is 8.78 Å². The maximum Gasteiger partial charge on any atom is 0.323 e. The standard InChI is InChI=1S/C22H21ClFN3O.C12H16N2.C9H6ClFN2O2/c1-14-10-16(22(2,3)12-25)6-4-15(14)5-7-17(28)11-27-13-26-19-9-8-18(23)20(24)21(19)27;1-9-6-11(12(2,3)8-14)5-4-10(9)7-13;10-5-1-2-6-9(8(5)11)13(4-12-6)3-7(14)15/h4,6,8-10,13H,5,7,11H2,1-3H3;4-6H,7,13H2,1-3H3;1-2,4H,3H2,(H,14,15). The molecule has 0 fully saturated rings. The molecule has 296 valence electrons. The van der Waals surface area contributed by atoms with Gasteiger partial charge < -0.3 is 20.0 Å². The predicted molar refractivity (Wildman–Crippen MR) is 218 cm³/mol. The number of aryl methyl sites for hydroxylation is 3. The number of rotatable bonds is 10. The Kier molecular flexibility index (Phi) is 14.3. The van der Waals surface area contributed by atoms with E-state index in [9.17, 15) is 23.6 Å². The number of nitrogens with zero attached hydrogens (tertiary/aromatic N) is 6. The van der Waals surface area contributed by atoms with Crippen molar-refractivity contribution in [2.75, 3.05) is 0 Å². The van der Waals surface area contributed by atoms with Gasteiger partial charge in [0.1, 0.15) is 17.6 Å². The van der Waals surface area contributed by atoms with Gasteiger partial charge in [0.05, 0.1) is 63.2 Å². The topological polar surface area (TPSA) is 164 Å². The Balaban J connectivity index is 0.000000209. The average Bonchev–Trinajstić information content (AvgIpc) is 3.78. The van der Waals surface area contributed by atoms with Crippen molar-refractivity contribution in [1.82, 2.24) is 19.1 Å². The van der Waals surface area contributed by atoms with Crippen LogP contribution in [0.2, 0.25) is 10.0 Å². The van der Waals surface area contributed by atoms with Gasteiger partial charge in [-0.1, -0.05) is 59.6 Å². The molecule has 0 aliphatic heterocycles. The number of hydrogen-bond donors (Lipinski definition) is 2. The van der Waals surface area contributed by atoms with Gasteiger partial charge in [0.25, 0.3) is 0 Å². The predicted octanol–water partition coefficient (Wildman–Crippen LogP) is 9.31. The van der Waals surface area contributed by atoms with Crippen LogP contribution in [0.5, 0.6) is 0 Å². The third-order valence-electron chi connectivity index (χ3n) is 9.58. The molecule has 57 heavy (non-hydrogen) atoms. The Bertz CT molecular complexity index is 2530. The van der Waals surface area contributed by atoms with E-state index in [0.29, 0.717) is 30.4 Å². The lowest BCUT2D eigenvalue weighted by molar-refractivity contribution is -0.137. The maximum atomic E-state index is 14.3. The number of imidazole rings is 2. The van der Waals surface area contributed by atoms with Gasteiger partial charge in [-0.15, -0.1) is 0 Å². The Morgan fingerprint density at radius 3 is 1.60 bits per heavy atom. The van der Waals surface area contributed by atoms with Crippen LogP contribution in [0.1, 0.15) is 67.5 Å². The maximum absolute atomic E-state index is 14.3. The monoisotopic (exact) mass is 813 g/mol. The highest BCUT2D eigenvalue weighted by Crippen LogP contribution is 2.27. The summed E-state index contributed by atoms with van der Waals surface area (Å²) in [6.07, 6.45) is 3.67. The molecule has 4 aromatic carbocycles. The van der Waals surface area contributed by atoms with Gasteiger partial charge >= 0.3 is 5.97 Å². The molecule has 0 unspecified atom stereocenters. The molecule has 0 atom stereocenters. The fourth-order valence-corrected chi connectivity index (χ4v) is 6.24. The number of aliphatic carboxylic acids is 1. The number of halogens is 4. The normalized spacial score (nSPS) is 11.2. The summed E-state index contributed by atoms with van der Waals surface area (Å²) in [5.41, 5.74) is 12.3. The average molecular weight is 815 g/mol. The summed E-state index contributed by atoms with van der Waals surface area (Å²) in [4.78, 5) is 31.0. The van der Waals surface area contributed by atoms with Crippen molar-refractivity contribution >= 4 is 57.0 Å². The number of aromatic nitrogens is 4. The molecular weight excluding hydrogens is 771 g/mol. The Hall–Kier alpha value is -5.66. The smallest absolute Gasteiger partial charge is 0.323 e. The molecule has 6 rings (SSSR count). The zero-order valence-corrected chi connectivity index (χ0v) is 34.0. The van der Waals surface area contributed by atoms with Gasteiger partial charge in [-0.25, -0.2) is 18.7 Å². The van der Waals surface area contributed by atoms with E-state index in [1.807, 2.05) is 77.9 Å². The molecular formula is C43H43Cl2F2N7O3. The minimum atomic E-state index is -1.06. The lowest BCUT2D eigenvalue weighted by Crippen LogP contribution is -2.14. The number of carboxylic acid groups (broad SMARTS) is 1. The minimum absolute atomic E-state index is 0.0118.